The van der Waals surface area contributed by atoms with Gasteiger partial charge in [0.15, 0.2) is 0 Å². The fourth-order valence-corrected chi connectivity index (χ4v) is 5.56. The summed E-state index contributed by atoms with van der Waals surface area (Å²) >= 11 is 0. The largest absolute Gasteiger partial charge is 0.455 e. The van der Waals surface area contributed by atoms with E-state index in [4.69, 9.17) is 4.42 Å². The predicted octanol–water partition coefficient (Wildman–Crippen LogP) is 10.4. The molecule has 39 heavy (non-hydrogen) atoms. The van der Waals surface area contributed by atoms with E-state index in [9.17, 15) is 0 Å². The van der Waals surface area contributed by atoms with Gasteiger partial charge in [0.2, 0.25) is 0 Å². The second-order valence-corrected chi connectivity index (χ2v) is 9.82. The third kappa shape index (κ3) is 4.07. The fraction of sp³-hybridized carbons (Fsp3) is 0.0270. The Bertz CT molecular complexity index is 1920. The maximum absolute atomic E-state index is 6.47. The minimum absolute atomic E-state index is 0.908. The van der Waals surface area contributed by atoms with Crippen molar-refractivity contribution in [3.8, 4) is 33.4 Å². The molecule has 0 aliphatic heterocycles. The van der Waals surface area contributed by atoms with E-state index in [1.54, 1.807) is 0 Å². The summed E-state index contributed by atoms with van der Waals surface area (Å²) in [6.07, 6.45) is 0. The zero-order valence-electron chi connectivity index (χ0n) is 21.7. The Kier molecular flexibility index (Phi) is 5.71. The highest BCUT2D eigenvalue weighted by Gasteiger charge is 2.19. The molecule has 0 saturated carbocycles. The average molecular weight is 502 g/mol. The van der Waals surface area contributed by atoms with Crippen LogP contribution in [0.1, 0.15) is 0 Å². The van der Waals surface area contributed by atoms with Crippen LogP contribution in [0.3, 0.4) is 0 Å². The van der Waals surface area contributed by atoms with Crippen molar-refractivity contribution >= 4 is 33.3 Å². The minimum atomic E-state index is 0.908. The van der Waals surface area contributed by atoms with E-state index < -0.39 is 0 Å². The summed E-state index contributed by atoms with van der Waals surface area (Å²) in [7, 11) is 2.16. The van der Waals surface area contributed by atoms with Gasteiger partial charge in [-0.15, -0.1) is 0 Å². The third-order valence-corrected chi connectivity index (χ3v) is 7.51. The zero-order valence-corrected chi connectivity index (χ0v) is 21.7. The monoisotopic (exact) mass is 501 g/mol. The molecule has 1 aromatic heterocycles. The zero-order chi connectivity index (χ0) is 26.2. The van der Waals surface area contributed by atoms with Crippen LogP contribution in [0.2, 0.25) is 0 Å². The number of hydrogen-bond donors (Lipinski definition) is 0. The Labute approximate surface area is 228 Å². The van der Waals surface area contributed by atoms with Crippen molar-refractivity contribution < 1.29 is 4.42 Å². The number of nitrogens with zero attached hydrogens (tertiary/aromatic N) is 1. The first-order valence-electron chi connectivity index (χ1n) is 13.3. The third-order valence-electron chi connectivity index (χ3n) is 7.51. The SMILES string of the molecule is CN(c1ccccc1-c1ccccc1)c1cc(-c2ccccc2)ccc1-c1cccc2c1oc1ccccc12. The van der Waals surface area contributed by atoms with E-state index in [1.807, 2.05) is 12.1 Å². The molecule has 7 aromatic rings. The lowest BCUT2D eigenvalue weighted by Crippen LogP contribution is -2.12. The minimum Gasteiger partial charge on any atom is -0.455 e. The predicted molar refractivity (Wildman–Crippen MR) is 165 cm³/mol. The Morgan fingerprint density at radius 2 is 1.08 bits per heavy atom. The molecule has 0 N–H and O–H groups in total. The van der Waals surface area contributed by atoms with Crippen LogP contribution in [0.15, 0.2) is 150 Å². The van der Waals surface area contributed by atoms with Gasteiger partial charge in [-0.3, -0.25) is 0 Å². The number of anilines is 2. The molecule has 0 amide bonds. The maximum Gasteiger partial charge on any atom is 0.143 e. The molecular weight excluding hydrogens is 474 g/mol. The molecule has 0 saturated heterocycles. The lowest BCUT2D eigenvalue weighted by Gasteiger charge is -2.26. The number of hydrogen-bond acceptors (Lipinski definition) is 2. The summed E-state index contributed by atoms with van der Waals surface area (Å²) in [6.45, 7) is 0. The van der Waals surface area contributed by atoms with Gasteiger partial charge < -0.3 is 9.32 Å². The quantitative estimate of drug-likeness (QED) is 0.233. The van der Waals surface area contributed by atoms with Gasteiger partial charge >= 0.3 is 0 Å². The van der Waals surface area contributed by atoms with Crippen LogP contribution in [0.5, 0.6) is 0 Å². The van der Waals surface area contributed by atoms with Gasteiger partial charge in [-0.25, -0.2) is 0 Å². The van der Waals surface area contributed by atoms with Crippen molar-refractivity contribution in [3.63, 3.8) is 0 Å². The lowest BCUT2D eigenvalue weighted by atomic mass is 9.95. The first-order chi connectivity index (χ1) is 19.3. The van der Waals surface area contributed by atoms with Crippen LogP contribution in [0.25, 0.3) is 55.3 Å². The molecule has 6 aromatic carbocycles. The van der Waals surface area contributed by atoms with Gasteiger partial charge in [-0.2, -0.15) is 0 Å². The molecule has 0 atom stereocenters. The summed E-state index contributed by atoms with van der Waals surface area (Å²) in [5.41, 5.74) is 11.1. The molecule has 2 nitrogen and oxygen atoms in total. The second kappa shape index (κ2) is 9.66. The van der Waals surface area contributed by atoms with E-state index in [2.05, 4.69) is 145 Å². The number of rotatable bonds is 5. The summed E-state index contributed by atoms with van der Waals surface area (Å²) in [4.78, 5) is 2.31. The van der Waals surface area contributed by atoms with E-state index in [0.717, 1.165) is 44.4 Å². The van der Waals surface area contributed by atoms with E-state index >= 15 is 0 Å². The number of para-hydroxylation sites is 3. The van der Waals surface area contributed by atoms with Crippen molar-refractivity contribution in [1.29, 1.82) is 0 Å². The first-order valence-corrected chi connectivity index (χ1v) is 13.3. The molecule has 0 fully saturated rings. The molecule has 1 heterocycles. The topological polar surface area (TPSA) is 16.4 Å². The van der Waals surface area contributed by atoms with Crippen molar-refractivity contribution in [2.24, 2.45) is 0 Å². The smallest absolute Gasteiger partial charge is 0.143 e. The first kappa shape index (κ1) is 23.1. The number of fused-ring (bicyclic) bond motifs is 3. The molecule has 0 radical (unpaired) electrons. The summed E-state index contributed by atoms with van der Waals surface area (Å²) in [5.74, 6) is 0. The van der Waals surface area contributed by atoms with Crippen molar-refractivity contribution in [3.05, 3.63) is 146 Å². The highest BCUT2D eigenvalue weighted by atomic mass is 16.3. The molecule has 0 unspecified atom stereocenters. The normalized spacial score (nSPS) is 11.2. The Morgan fingerprint density at radius 3 is 1.90 bits per heavy atom. The van der Waals surface area contributed by atoms with Crippen molar-refractivity contribution in [1.82, 2.24) is 0 Å². The van der Waals surface area contributed by atoms with Gasteiger partial charge in [-0.05, 0) is 34.9 Å². The maximum atomic E-state index is 6.47. The average Bonchev–Trinajstić information content (AvgIpc) is 3.40. The highest BCUT2D eigenvalue weighted by molar-refractivity contribution is 6.10. The standard InChI is InChI=1S/C37H27NO/c1-38(34-21-10-8-17-29(34)27-15-6-3-7-16-27)35-25-28(26-13-4-2-5-14-26)23-24-30(35)32-19-12-20-33-31-18-9-11-22-36(31)39-37(32)33/h2-25H,1H3. The van der Waals surface area contributed by atoms with Gasteiger partial charge in [0.1, 0.15) is 11.2 Å². The Morgan fingerprint density at radius 1 is 0.436 bits per heavy atom. The van der Waals surface area contributed by atoms with E-state index in [0.29, 0.717) is 0 Å². The fourth-order valence-electron chi connectivity index (χ4n) is 5.56. The van der Waals surface area contributed by atoms with Crippen LogP contribution >= 0.6 is 0 Å². The van der Waals surface area contributed by atoms with Crippen LogP contribution in [0.4, 0.5) is 11.4 Å². The second-order valence-electron chi connectivity index (χ2n) is 9.82. The number of furan rings is 1. The molecular formula is C37H27NO. The molecule has 7 rings (SSSR count). The molecule has 2 heteroatoms. The van der Waals surface area contributed by atoms with E-state index in [-0.39, 0.29) is 0 Å². The summed E-state index contributed by atoms with van der Waals surface area (Å²) < 4.78 is 6.47. The summed E-state index contributed by atoms with van der Waals surface area (Å²) in [5, 5.41) is 2.27. The van der Waals surface area contributed by atoms with Crippen LogP contribution in [0, 0.1) is 0 Å². The summed E-state index contributed by atoms with van der Waals surface area (Å²) in [6, 6.07) is 51.2. The van der Waals surface area contributed by atoms with Gasteiger partial charge in [-0.1, -0.05) is 127 Å². The van der Waals surface area contributed by atoms with Gasteiger partial charge in [0, 0.05) is 45.9 Å². The van der Waals surface area contributed by atoms with Crippen LogP contribution in [-0.4, -0.2) is 7.05 Å². The molecule has 0 aliphatic carbocycles. The van der Waals surface area contributed by atoms with Gasteiger partial charge in [0.05, 0.1) is 0 Å². The highest BCUT2D eigenvalue weighted by Crippen LogP contribution is 2.44. The molecule has 0 bridgehead atoms. The van der Waals surface area contributed by atoms with E-state index in [1.165, 1.54) is 22.3 Å². The Hall–Kier alpha value is -5.08. The van der Waals surface area contributed by atoms with Crippen molar-refractivity contribution in [2.75, 3.05) is 11.9 Å². The number of benzene rings is 6. The van der Waals surface area contributed by atoms with Crippen LogP contribution in [-0.2, 0) is 0 Å². The van der Waals surface area contributed by atoms with Crippen LogP contribution < -0.4 is 4.90 Å². The molecule has 186 valence electrons. The molecule has 0 spiro atoms. The van der Waals surface area contributed by atoms with Crippen molar-refractivity contribution in [2.45, 2.75) is 0 Å². The Balaban J connectivity index is 1.47. The molecule has 0 aliphatic rings. The lowest BCUT2D eigenvalue weighted by molar-refractivity contribution is 0.670. The van der Waals surface area contributed by atoms with Gasteiger partial charge in [0.25, 0.3) is 0 Å².